The lowest BCUT2D eigenvalue weighted by molar-refractivity contribution is -0.142. The van der Waals surface area contributed by atoms with Crippen molar-refractivity contribution in [3.63, 3.8) is 0 Å². The number of carbonyl (C=O) groups excluding carboxylic acids is 1. The first-order valence-electron chi connectivity index (χ1n) is 6.74. The summed E-state index contributed by atoms with van der Waals surface area (Å²) in [6.45, 7) is 0. The molecule has 0 saturated heterocycles. The SMILES string of the molecule is COC(=O)c1cnc(N[C@@H]2CCC[C@H](C(=O)O)C2)c(Cl)c1. The normalized spacial score (nSPS) is 21.6. The number of nitrogens with one attached hydrogen (secondary N) is 1. The van der Waals surface area contributed by atoms with Crippen LogP contribution in [0.4, 0.5) is 5.82 Å². The fourth-order valence-corrected chi connectivity index (χ4v) is 2.73. The molecule has 1 saturated carbocycles. The van der Waals surface area contributed by atoms with Crippen molar-refractivity contribution in [2.75, 3.05) is 12.4 Å². The molecule has 1 heterocycles. The molecule has 0 spiro atoms. The van der Waals surface area contributed by atoms with E-state index in [1.165, 1.54) is 19.4 Å². The summed E-state index contributed by atoms with van der Waals surface area (Å²) in [5, 5.41) is 12.6. The number of ether oxygens (including phenoxy) is 1. The van der Waals surface area contributed by atoms with Crippen molar-refractivity contribution in [3.8, 4) is 0 Å². The van der Waals surface area contributed by atoms with Crippen molar-refractivity contribution < 1.29 is 19.4 Å². The summed E-state index contributed by atoms with van der Waals surface area (Å²) < 4.78 is 4.60. The largest absolute Gasteiger partial charge is 0.481 e. The molecule has 0 radical (unpaired) electrons. The molecule has 1 fully saturated rings. The summed E-state index contributed by atoms with van der Waals surface area (Å²) in [7, 11) is 1.29. The fourth-order valence-electron chi connectivity index (χ4n) is 2.51. The molecule has 2 atom stereocenters. The van der Waals surface area contributed by atoms with Crippen LogP contribution in [0.25, 0.3) is 0 Å². The number of rotatable bonds is 4. The van der Waals surface area contributed by atoms with Gasteiger partial charge in [0.05, 0.1) is 23.6 Å². The monoisotopic (exact) mass is 312 g/mol. The number of esters is 1. The van der Waals surface area contributed by atoms with Gasteiger partial charge in [-0.05, 0) is 25.3 Å². The zero-order chi connectivity index (χ0) is 15.4. The molecule has 2 rings (SSSR count). The molecule has 114 valence electrons. The van der Waals surface area contributed by atoms with Crippen molar-refractivity contribution >= 4 is 29.4 Å². The molecule has 1 aliphatic rings. The van der Waals surface area contributed by atoms with Gasteiger partial charge in [0.15, 0.2) is 0 Å². The highest BCUT2D eigenvalue weighted by atomic mass is 35.5. The third-order valence-corrected chi connectivity index (χ3v) is 3.91. The molecule has 7 heteroatoms. The van der Waals surface area contributed by atoms with Gasteiger partial charge in [0.1, 0.15) is 5.82 Å². The molecule has 0 amide bonds. The average Bonchev–Trinajstić information content (AvgIpc) is 2.48. The topological polar surface area (TPSA) is 88.5 Å². The second-order valence-corrected chi connectivity index (χ2v) is 5.50. The van der Waals surface area contributed by atoms with E-state index in [1.54, 1.807) is 0 Å². The zero-order valence-electron chi connectivity index (χ0n) is 11.6. The minimum Gasteiger partial charge on any atom is -0.481 e. The van der Waals surface area contributed by atoms with Crippen LogP contribution in [0, 0.1) is 5.92 Å². The predicted octanol–water partition coefficient (Wildman–Crippen LogP) is 2.58. The van der Waals surface area contributed by atoms with Crippen LogP contribution < -0.4 is 5.32 Å². The van der Waals surface area contributed by atoms with E-state index >= 15 is 0 Å². The maximum absolute atomic E-state index is 11.4. The van der Waals surface area contributed by atoms with Gasteiger partial charge in [-0.2, -0.15) is 0 Å². The molecule has 1 aliphatic carbocycles. The van der Waals surface area contributed by atoms with Gasteiger partial charge < -0.3 is 15.2 Å². The summed E-state index contributed by atoms with van der Waals surface area (Å²) in [6, 6.07) is 1.51. The number of pyridine rings is 1. The molecule has 0 aliphatic heterocycles. The van der Waals surface area contributed by atoms with Crippen molar-refractivity contribution in [1.82, 2.24) is 4.98 Å². The fraction of sp³-hybridized carbons (Fsp3) is 0.500. The van der Waals surface area contributed by atoms with Crippen molar-refractivity contribution in [2.24, 2.45) is 5.92 Å². The van der Waals surface area contributed by atoms with E-state index in [9.17, 15) is 9.59 Å². The average molecular weight is 313 g/mol. The number of nitrogens with zero attached hydrogens (tertiary/aromatic N) is 1. The number of hydrogen-bond acceptors (Lipinski definition) is 5. The lowest BCUT2D eigenvalue weighted by Crippen LogP contribution is -2.31. The third kappa shape index (κ3) is 3.85. The minimum absolute atomic E-state index is 0.0221. The zero-order valence-corrected chi connectivity index (χ0v) is 12.4. The van der Waals surface area contributed by atoms with Gasteiger partial charge in [-0.25, -0.2) is 9.78 Å². The number of carboxylic acids is 1. The second kappa shape index (κ2) is 6.76. The number of aliphatic carboxylic acids is 1. The van der Waals surface area contributed by atoms with Crippen molar-refractivity contribution in [2.45, 2.75) is 31.7 Å². The van der Waals surface area contributed by atoms with E-state index in [2.05, 4.69) is 15.0 Å². The number of anilines is 1. The Hall–Kier alpha value is -1.82. The Labute approximate surface area is 127 Å². The van der Waals surface area contributed by atoms with E-state index in [1.807, 2.05) is 0 Å². The van der Waals surface area contributed by atoms with Gasteiger partial charge in [-0.15, -0.1) is 0 Å². The van der Waals surface area contributed by atoms with E-state index in [0.717, 1.165) is 12.8 Å². The molecule has 2 N–H and O–H groups in total. The lowest BCUT2D eigenvalue weighted by atomic mass is 9.86. The van der Waals surface area contributed by atoms with Gasteiger partial charge in [-0.1, -0.05) is 18.0 Å². The van der Waals surface area contributed by atoms with Crippen LogP contribution in [0.1, 0.15) is 36.0 Å². The summed E-state index contributed by atoms with van der Waals surface area (Å²) in [4.78, 5) is 26.5. The standard InChI is InChI=1S/C14H17ClN2O4/c1-21-14(20)9-6-11(15)12(16-7-9)17-10-4-2-3-8(5-10)13(18)19/h6-8,10H,2-5H2,1H3,(H,16,17)(H,18,19)/t8-,10+/m0/s1. The Kier molecular flexibility index (Phi) is 5.01. The first-order valence-corrected chi connectivity index (χ1v) is 7.12. The smallest absolute Gasteiger partial charge is 0.339 e. The highest BCUT2D eigenvalue weighted by Crippen LogP contribution is 2.29. The molecule has 0 bridgehead atoms. The minimum atomic E-state index is -0.762. The molecule has 21 heavy (non-hydrogen) atoms. The van der Waals surface area contributed by atoms with Gasteiger partial charge in [0.25, 0.3) is 0 Å². The highest BCUT2D eigenvalue weighted by Gasteiger charge is 2.27. The first-order chi connectivity index (χ1) is 10.0. The van der Waals surface area contributed by atoms with Crippen molar-refractivity contribution in [1.29, 1.82) is 0 Å². The van der Waals surface area contributed by atoms with Gasteiger partial charge in [0.2, 0.25) is 0 Å². The number of hydrogen-bond donors (Lipinski definition) is 2. The van der Waals surface area contributed by atoms with Crippen LogP contribution in [0.3, 0.4) is 0 Å². The van der Waals surface area contributed by atoms with Crippen LogP contribution in [0.5, 0.6) is 0 Å². The molecule has 0 unspecified atom stereocenters. The summed E-state index contributed by atoms with van der Waals surface area (Å²) in [5.74, 6) is -1.13. The molecule has 0 aromatic carbocycles. The number of carboxylic acid groups (broad SMARTS) is 1. The molecule has 1 aromatic heterocycles. The first kappa shape index (κ1) is 15.6. The summed E-state index contributed by atoms with van der Waals surface area (Å²) >= 11 is 6.10. The van der Waals surface area contributed by atoms with Crippen LogP contribution in [0.15, 0.2) is 12.3 Å². The lowest BCUT2D eigenvalue weighted by Gasteiger charge is -2.28. The predicted molar refractivity (Wildman–Crippen MR) is 77.6 cm³/mol. The van der Waals surface area contributed by atoms with Crippen LogP contribution in [-0.4, -0.2) is 35.2 Å². The van der Waals surface area contributed by atoms with Gasteiger partial charge >= 0.3 is 11.9 Å². The second-order valence-electron chi connectivity index (χ2n) is 5.09. The van der Waals surface area contributed by atoms with Gasteiger partial charge in [0, 0.05) is 12.2 Å². The Morgan fingerprint density at radius 1 is 1.48 bits per heavy atom. The molecular weight excluding hydrogens is 296 g/mol. The maximum Gasteiger partial charge on any atom is 0.339 e. The molecule has 1 aromatic rings. The Morgan fingerprint density at radius 3 is 2.86 bits per heavy atom. The summed E-state index contributed by atoms with van der Waals surface area (Å²) in [6.07, 6.45) is 4.37. The van der Waals surface area contributed by atoms with E-state index in [-0.39, 0.29) is 17.5 Å². The van der Waals surface area contributed by atoms with E-state index in [4.69, 9.17) is 16.7 Å². The van der Waals surface area contributed by atoms with Crippen molar-refractivity contribution in [3.05, 3.63) is 22.8 Å². The number of halogens is 1. The maximum atomic E-state index is 11.4. The van der Waals surface area contributed by atoms with E-state index in [0.29, 0.717) is 23.7 Å². The van der Waals surface area contributed by atoms with Crippen LogP contribution >= 0.6 is 11.6 Å². The van der Waals surface area contributed by atoms with Crippen LogP contribution in [0.2, 0.25) is 5.02 Å². The number of aromatic nitrogens is 1. The number of methoxy groups -OCH3 is 1. The highest BCUT2D eigenvalue weighted by molar-refractivity contribution is 6.33. The van der Waals surface area contributed by atoms with Crippen LogP contribution in [-0.2, 0) is 9.53 Å². The molecule has 6 nitrogen and oxygen atoms in total. The Bertz CT molecular complexity index is 550. The third-order valence-electron chi connectivity index (χ3n) is 3.63. The Balaban J connectivity index is 2.06. The quantitative estimate of drug-likeness (QED) is 0.831. The summed E-state index contributed by atoms with van der Waals surface area (Å²) in [5.41, 5.74) is 0.278. The molecular formula is C14H17ClN2O4. The van der Waals surface area contributed by atoms with E-state index < -0.39 is 11.9 Å². The number of carbonyl (C=O) groups is 2. The Morgan fingerprint density at radius 2 is 2.24 bits per heavy atom. The van der Waals surface area contributed by atoms with Gasteiger partial charge in [-0.3, -0.25) is 4.79 Å².